The van der Waals surface area contributed by atoms with Gasteiger partial charge in [0.15, 0.2) is 0 Å². The van der Waals surface area contributed by atoms with E-state index in [0.717, 1.165) is 0 Å². The Labute approximate surface area is 49.2 Å². The minimum Gasteiger partial charge on any atom is -0.401 e. The SMILES string of the molecule is C=C(N)CNCCO. The van der Waals surface area contributed by atoms with E-state index >= 15 is 0 Å². The molecule has 0 atom stereocenters. The molecule has 0 aliphatic rings. The van der Waals surface area contributed by atoms with Gasteiger partial charge in [0.05, 0.1) is 6.61 Å². The second kappa shape index (κ2) is 4.61. The van der Waals surface area contributed by atoms with Crippen LogP contribution >= 0.6 is 0 Å². The molecule has 0 aliphatic heterocycles. The van der Waals surface area contributed by atoms with Crippen LogP contribution in [0.2, 0.25) is 0 Å². The van der Waals surface area contributed by atoms with E-state index in [1.807, 2.05) is 0 Å². The van der Waals surface area contributed by atoms with Gasteiger partial charge in [-0.2, -0.15) is 0 Å². The first-order chi connectivity index (χ1) is 3.77. The molecule has 4 N–H and O–H groups in total. The second-order valence-corrected chi connectivity index (χ2v) is 1.56. The summed E-state index contributed by atoms with van der Waals surface area (Å²) in [7, 11) is 0. The van der Waals surface area contributed by atoms with E-state index < -0.39 is 0 Å². The van der Waals surface area contributed by atoms with Crippen LogP contribution in [0.5, 0.6) is 0 Å². The van der Waals surface area contributed by atoms with Crippen LogP contribution in [0.15, 0.2) is 12.3 Å². The molecule has 3 nitrogen and oxygen atoms in total. The van der Waals surface area contributed by atoms with Crippen LogP contribution in [0.3, 0.4) is 0 Å². The molecule has 0 amide bonds. The molecule has 0 unspecified atom stereocenters. The lowest BCUT2D eigenvalue weighted by molar-refractivity contribution is 0.294. The average Bonchev–Trinajstić information content (AvgIpc) is 1.66. The maximum Gasteiger partial charge on any atom is 0.0556 e. The largest absolute Gasteiger partial charge is 0.401 e. The Kier molecular flexibility index (Phi) is 4.30. The zero-order valence-electron chi connectivity index (χ0n) is 4.85. The molecule has 0 aromatic carbocycles. The molecule has 0 bridgehead atoms. The van der Waals surface area contributed by atoms with Crippen LogP contribution in [0.1, 0.15) is 0 Å². The Hall–Kier alpha value is -0.540. The summed E-state index contributed by atoms with van der Waals surface area (Å²) >= 11 is 0. The maximum absolute atomic E-state index is 8.25. The Bertz CT molecular complexity index is 72.8. The third-order valence-electron chi connectivity index (χ3n) is 0.641. The van der Waals surface area contributed by atoms with Crippen molar-refractivity contribution in [1.29, 1.82) is 0 Å². The lowest BCUT2D eigenvalue weighted by Crippen LogP contribution is -2.23. The van der Waals surface area contributed by atoms with E-state index in [0.29, 0.717) is 18.8 Å². The normalized spacial score (nSPS) is 9.12. The number of nitrogens with one attached hydrogen (secondary N) is 1. The number of rotatable bonds is 4. The van der Waals surface area contributed by atoms with Gasteiger partial charge in [-0.1, -0.05) is 6.58 Å². The van der Waals surface area contributed by atoms with E-state index in [-0.39, 0.29) is 6.61 Å². The van der Waals surface area contributed by atoms with E-state index in [1.54, 1.807) is 0 Å². The molecule has 0 spiro atoms. The Morgan fingerprint density at radius 3 is 2.75 bits per heavy atom. The molecule has 48 valence electrons. The fourth-order valence-electron chi connectivity index (χ4n) is 0.328. The van der Waals surface area contributed by atoms with Crippen molar-refractivity contribution in [3.05, 3.63) is 12.3 Å². The number of hydrogen-bond acceptors (Lipinski definition) is 3. The van der Waals surface area contributed by atoms with Crippen molar-refractivity contribution in [3.63, 3.8) is 0 Å². The number of aliphatic hydroxyl groups is 1. The summed E-state index contributed by atoms with van der Waals surface area (Å²) in [5, 5.41) is 11.1. The predicted molar refractivity (Wildman–Crippen MR) is 33.3 cm³/mol. The Morgan fingerprint density at radius 1 is 1.75 bits per heavy atom. The van der Waals surface area contributed by atoms with Crippen LogP contribution in [0, 0.1) is 0 Å². The van der Waals surface area contributed by atoms with Gasteiger partial charge in [-0.3, -0.25) is 0 Å². The summed E-state index contributed by atoms with van der Waals surface area (Å²) in [6.07, 6.45) is 0. The Morgan fingerprint density at radius 2 is 2.38 bits per heavy atom. The van der Waals surface area contributed by atoms with Gasteiger partial charge in [-0.15, -0.1) is 0 Å². The molecule has 0 radical (unpaired) electrons. The van der Waals surface area contributed by atoms with Crippen LogP contribution < -0.4 is 11.1 Å². The molecule has 3 heteroatoms. The smallest absolute Gasteiger partial charge is 0.0556 e. The van der Waals surface area contributed by atoms with Gasteiger partial charge < -0.3 is 16.2 Å². The van der Waals surface area contributed by atoms with Crippen molar-refractivity contribution in [2.45, 2.75) is 0 Å². The first-order valence-electron chi connectivity index (χ1n) is 2.52. The van der Waals surface area contributed by atoms with Gasteiger partial charge in [0, 0.05) is 18.8 Å². The van der Waals surface area contributed by atoms with Crippen molar-refractivity contribution >= 4 is 0 Å². The summed E-state index contributed by atoms with van der Waals surface area (Å²) in [4.78, 5) is 0. The van der Waals surface area contributed by atoms with Crippen LogP contribution in [0.4, 0.5) is 0 Å². The molecular formula is C5H12N2O. The van der Waals surface area contributed by atoms with E-state index in [1.165, 1.54) is 0 Å². The van der Waals surface area contributed by atoms with Crippen LogP contribution in [-0.2, 0) is 0 Å². The molecular weight excluding hydrogens is 104 g/mol. The monoisotopic (exact) mass is 116 g/mol. The molecule has 0 saturated carbocycles. The highest BCUT2D eigenvalue weighted by atomic mass is 16.3. The van der Waals surface area contributed by atoms with Gasteiger partial charge >= 0.3 is 0 Å². The van der Waals surface area contributed by atoms with E-state index in [9.17, 15) is 0 Å². The highest BCUT2D eigenvalue weighted by Gasteiger charge is 1.82. The predicted octanol–water partition coefficient (Wildman–Crippen LogP) is -0.959. The first kappa shape index (κ1) is 7.46. The third-order valence-corrected chi connectivity index (χ3v) is 0.641. The zero-order valence-corrected chi connectivity index (χ0v) is 4.85. The maximum atomic E-state index is 8.25. The lowest BCUT2D eigenvalue weighted by Gasteiger charge is -1.98. The molecule has 0 saturated heterocycles. The van der Waals surface area contributed by atoms with Crippen LogP contribution in [-0.4, -0.2) is 24.8 Å². The van der Waals surface area contributed by atoms with Crippen LogP contribution in [0.25, 0.3) is 0 Å². The summed E-state index contributed by atoms with van der Waals surface area (Å²) in [6.45, 7) is 4.77. The first-order valence-corrected chi connectivity index (χ1v) is 2.52. The number of hydrogen-bond donors (Lipinski definition) is 3. The van der Waals surface area contributed by atoms with Gasteiger partial charge in [-0.05, 0) is 0 Å². The van der Waals surface area contributed by atoms with Gasteiger partial charge in [0.25, 0.3) is 0 Å². The highest BCUT2D eigenvalue weighted by Crippen LogP contribution is 1.68. The summed E-state index contributed by atoms with van der Waals surface area (Å²) < 4.78 is 0. The molecule has 0 fully saturated rings. The fraction of sp³-hybridized carbons (Fsp3) is 0.600. The molecule has 0 aliphatic carbocycles. The average molecular weight is 116 g/mol. The second-order valence-electron chi connectivity index (χ2n) is 1.56. The minimum absolute atomic E-state index is 0.146. The fourth-order valence-corrected chi connectivity index (χ4v) is 0.328. The molecule has 0 heterocycles. The summed E-state index contributed by atoms with van der Waals surface area (Å²) in [5.74, 6) is 0. The topological polar surface area (TPSA) is 58.3 Å². The number of aliphatic hydroxyl groups excluding tert-OH is 1. The number of nitrogens with two attached hydrogens (primary N) is 1. The highest BCUT2D eigenvalue weighted by molar-refractivity contribution is 4.88. The zero-order chi connectivity index (χ0) is 6.41. The summed E-state index contributed by atoms with van der Waals surface area (Å²) in [5.41, 5.74) is 5.79. The third kappa shape index (κ3) is 5.46. The Balaban J connectivity index is 2.82. The van der Waals surface area contributed by atoms with Gasteiger partial charge in [0.2, 0.25) is 0 Å². The van der Waals surface area contributed by atoms with Crippen molar-refractivity contribution in [1.82, 2.24) is 5.32 Å². The minimum atomic E-state index is 0.146. The molecule has 0 rings (SSSR count). The lowest BCUT2D eigenvalue weighted by atomic mass is 10.5. The molecule has 8 heavy (non-hydrogen) atoms. The van der Waals surface area contributed by atoms with Gasteiger partial charge in [-0.25, -0.2) is 0 Å². The van der Waals surface area contributed by atoms with Gasteiger partial charge in [0.1, 0.15) is 0 Å². The van der Waals surface area contributed by atoms with Crippen molar-refractivity contribution in [2.24, 2.45) is 5.73 Å². The van der Waals surface area contributed by atoms with Crippen molar-refractivity contribution in [2.75, 3.05) is 19.7 Å². The van der Waals surface area contributed by atoms with Crippen molar-refractivity contribution in [3.8, 4) is 0 Å². The molecule has 0 aromatic rings. The summed E-state index contributed by atoms with van der Waals surface area (Å²) in [6, 6.07) is 0. The molecule has 0 aromatic heterocycles. The standard InChI is InChI=1S/C5H12N2O/c1-5(6)4-7-2-3-8/h7-8H,1-4,6H2. The van der Waals surface area contributed by atoms with E-state index in [2.05, 4.69) is 11.9 Å². The van der Waals surface area contributed by atoms with Crippen molar-refractivity contribution < 1.29 is 5.11 Å². The van der Waals surface area contributed by atoms with E-state index in [4.69, 9.17) is 10.8 Å². The quantitative estimate of drug-likeness (QED) is 0.415.